The van der Waals surface area contributed by atoms with E-state index in [1.165, 1.54) is 49.7 Å². The van der Waals surface area contributed by atoms with Crippen LogP contribution in [0.25, 0.3) is 0 Å². The molecule has 1 N–H and O–H groups in total. The highest BCUT2D eigenvalue weighted by atomic mass is 19.1. The minimum absolute atomic E-state index is 0.0973. The van der Waals surface area contributed by atoms with Crippen LogP contribution in [0.15, 0.2) is 18.2 Å². The second-order valence-electron chi connectivity index (χ2n) is 6.31. The van der Waals surface area contributed by atoms with Crippen LogP contribution >= 0.6 is 0 Å². The van der Waals surface area contributed by atoms with Crippen LogP contribution in [0, 0.1) is 18.7 Å². The molecule has 0 aliphatic heterocycles. The molecule has 2 heteroatoms. The number of hydrogen-bond donors (Lipinski definition) is 1. The highest BCUT2D eigenvalue weighted by Crippen LogP contribution is 2.27. The summed E-state index contributed by atoms with van der Waals surface area (Å²) in [4.78, 5) is 0. The van der Waals surface area contributed by atoms with Gasteiger partial charge in [0.2, 0.25) is 0 Å². The lowest BCUT2D eigenvalue weighted by Gasteiger charge is -2.22. The van der Waals surface area contributed by atoms with Gasteiger partial charge >= 0.3 is 0 Å². The average Bonchev–Trinajstić information content (AvgIpc) is 2.66. The van der Waals surface area contributed by atoms with Gasteiger partial charge in [-0.25, -0.2) is 4.39 Å². The lowest BCUT2D eigenvalue weighted by molar-refractivity contribution is 0.383. The first-order valence-electron chi connectivity index (χ1n) is 8.17. The summed E-state index contributed by atoms with van der Waals surface area (Å²) in [7, 11) is 0. The van der Waals surface area contributed by atoms with Gasteiger partial charge in [-0.2, -0.15) is 0 Å². The number of benzene rings is 1. The van der Waals surface area contributed by atoms with Gasteiger partial charge in [-0.1, -0.05) is 32.3 Å². The number of halogens is 1. The molecule has 0 bridgehead atoms. The van der Waals surface area contributed by atoms with Crippen LogP contribution in [-0.2, 0) is 6.42 Å². The summed E-state index contributed by atoms with van der Waals surface area (Å²) >= 11 is 0. The molecule has 0 amide bonds. The van der Waals surface area contributed by atoms with Gasteiger partial charge in [0, 0.05) is 6.04 Å². The molecule has 0 aromatic heterocycles. The van der Waals surface area contributed by atoms with E-state index >= 15 is 0 Å². The van der Waals surface area contributed by atoms with E-state index in [-0.39, 0.29) is 5.82 Å². The Morgan fingerprint density at radius 3 is 2.85 bits per heavy atom. The first-order valence-corrected chi connectivity index (χ1v) is 8.17. The van der Waals surface area contributed by atoms with Crippen LogP contribution in [0.1, 0.15) is 56.6 Å². The molecule has 0 heterocycles. The molecule has 2 rings (SSSR count). The Hall–Kier alpha value is -0.890. The van der Waals surface area contributed by atoms with Gasteiger partial charge in [-0.15, -0.1) is 0 Å². The maximum Gasteiger partial charge on any atom is 0.123 e. The Balaban J connectivity index is 1.97. The van der Waals surface area contributed by atoms with Crippen LogP contribution in [0.2, 0.25) is 0 Å². The van der Waals surface area contributed by atoms with Crippen molar-refractivity contribution in [3.05, 3.63) is 35.1 Å². The molecule has 1 saturated carbocycles. The molecule has 1 aromatic rings. The highest BCUT2D eigenvalue weighted by Gasteiger charge is 2.20. The van der Waals surface area contributed by atoms with Crippen molar-refractivity contribution in [3.63, 3.8) is 0 Å². The second kappa shape index (κ2) is 7.78. The summed E-state index contributed by atoms with van der Waals surface area (Å²) in [6, 6.07) is 5.87. The second-order valence-corrected chi connectivity index (χ2v) is 6.31. The topological polar surface area (TPSA) is 12.0 Å². The predicted octanol–water partition coefficient (Wildman–Crippen LogP) is 4.63. The van der Waals surface area contributed by atoms with Crippen molar-refractivity contribution in [1.29, 1.82) is 0 Å². The Labute approximate surface area is 123 Å². The molecule has 0 radical (unpaired) electrons. The van der Waals surface area contributed by atoms with Gasteiger partial charge in [-0.05, 0) is 68.3 Å². The van der Waals surface area contributed by atoms with Crippen molar-refractivity contribution in [1.82, 2.24) is 5.32 Å². The molecule has 20 heavy (non-hydrogen) atoms. The predicted molar refractivity (Wildman–Crippen MR) is 83.5 cm³/mol. The van der Waals surface area contributed by atoms with Gasteiger partial charge in [0.1, 0.15) is 5.82 Å². The lowest BCUT2D eigenvalue weighted by Crippen LogP contribution is -2.31. The minimum Gasteiger partial charge on any atom is -0.314 e. The smallest absolute Gasteiger partial charge is 0.123 e. The van der Waals surface area contributed by atoms with Gasteiger partial charge < -0.3 is 5.32 Å². The van der Waals surface area contributed by atoms with Crippen LogP contribution < -0.4 is 5.32 Å². The maximum atomic E-state index is 13.4. The van der Waals surface area contributed by atoms with Crippen molar-refractivity contribution in [2.24, 2.45) is 5.92 Å². The van der Waals surface area contributed by atoms with E-state index in [4.69, 9.17) is 0 Å². The fraction of sp³-hybridized carbons (Fsp3) is 0.667. The Kier molecular flexibility index (Phi) is 6.03. The molecule has 0 spiro atoms. The first kappa shape index (κ1) is 15.5. The minimum atomic E-state index is -0.0973. The number of hydrogen-bond acceptors (Lipinski definition) is 1. The van der Waals surface area contributed by atoms with E-state index in [0.29, 0.717) is 12.0 Å². The van der Waals surface area contributed by atoms with E-state index in [9.17, 15) is 4.39 Å². The summed E-state index contributed by atoms with van der Waals surface area (Å²) in [5.41, 5.74) is 2.43. The third-order valence-corrected chi connectivity index (χ3v) is 4.54. The van der Waals surface area contributed by atoms with Crippen molar-refractivity contribution < 1.29 is 4.39 Å². The van der Waals surface area contributed by atoms with Crippen LogP contribution in [0.4, 0.5) is 4.39 Å². The van der Waals surface area contributed by atoms with Crippen molar-refractivity contribution in [2.75, 3.05) is 6.54 Å². The molecular weight excluding hydrogens is 249 g/mol. The molecule has 1 aliphatic carbocycles. The van der Waals surface area contributed by atoms with Gasteiger partial charge in [0.15, 0.2) is 0 Å². The fourth-order valence-corrected chi connectivity index (χ4v) is 3.35. The van der Waals surface area contributed by atoms with Crippen LogP contribution in [-0.4, -0.2) is 12.6 Å². The number of rotatable bonds is 5. The van der Waals surface area contributed by atoms with Gasteiger partial charge in [0.25, 0.3) is 0 Å². The molecule has 1 fully saturated rings. The third kappa shape index (κ3) is 4.59. The summed E-state index contributed by atoms with van der Waals surface area (Å²) in [6.07, 6.45) is 8.73. The van der Waals surface area contributed by atoms with Crippen molar-refractivity contribution in [3.8, 4) is 0 Å². The van der Waals surface area contributed by atoms with Crippen molar-refractivity contribution >= 4 is 0 Å². The average molecular weight is 277 g/mol. The van der Waals surface area contributed by atoms with Crippen LogP contribution in [0.5, 0.6) is 0 Å². The zero-order valence-electron chi connectivity index (χ0n) is 12.9. The molecule has 2 unspecified atom stereocenters. The van der Waals surface area contributed by atoms with E-state index < -0.39 is 0 Å². The Morgan fingerprint density at radius 2 is 2.05 bits per heavy atom. The largest absolute Gasteiger partial charge is 0.314 e. The maximum absolute atomic E-state index is 13.4. The quantitative estimate of drug-likeness (QED) is 0.774. The van der Waals surface area contributed by atoms with Gasteiger partial charge in [0.05, 0.1) is 0 Å². The number of aryl methyl sites for hydroxylation is 1. The summed E-state index contributed by atoms with van der Waals surface area (Å²) < 4.78 is 13.4. The Morgan fingerprint density at radius 1 is 1.25 bits per heavy atom. The van der Waals surface area contributed by atoms with E-state index in [1.54, 1.807) is 12.1 Å². The molecule has 1 nitrogen and oxygen atoms in total. The van der Waals surface area contributed by atoms with E-state index in [2.05, 4.69) is 19.2 Å². The lowest BCUT2D eigenvalue weighted by atomic mass is 9.89. The fourth-order valence-electron chi connectivity index (χ4n) is 3.35. The zero-order valence-corrected chi connectivity index (χ0v) is 12.9. The molecule has 0 saturated heterocycles. The molecule has 1 aromatic carbocycles. The standard InChI is InChI=1S/C18H28FN/c1-3-10-20-18-7-5-4-6-15(12-18)11-16-13-17(19)9-8-14(16)2/h8-9,13,15,18,20H,3-7,10-12H2,1-2H3. The first-order chi connectivity index (χ1) is 9.69. The summed E-state index contributed by atoms with van der Waals surface area (Å²) in [6.45, 7) is 5.44. The third-order valence-electron chi connectivity index (χ3n) is 4.54. The summed E-state index contributed by atoms with van der Waals surface area (Å²) in [5.74, 6) is 0.604. The monoisotopic (exact) mass is 277 g/mol. The van der Waals surface area contributed by atoms with E-state index in [1.807, 2.05) is 6.07 Å². The SMILES string of the molecule is CCCNC1CCCCC(Cc2cc(F)ccc2C)C1. The molecule has 112 valence electrons. The van der Waals surface area contributed by atoms with Crippen LogP contribution in [0.3, 0.4) is 0 Å². The van der Waals surface area contributed by atoms with Crippen molar-refractivity contribution in [2.45, 2.75) is 64.8 Å². The normalized spacial score (nSPS) is 23.6. The molecule has 1 aliphatic rings. The zero-order chi connectivity index (χ0) is 14.4. The number of nitrogens with one attached hydrogen (secondary N) is 1. The molecule has 2 atom stereocenters. The highest BCUT2D eigenvalue weighted by molar-refractivity contribution is 5.27. The molecular formula is C18H28FN. The Bertz CT molecular complexity index is 416. The van der Waals surface area contributed by atoms with Gasteiger partial charge in [-0.3, -0.25) is 0 Å². The summed E-state index contributed by atoms with van der Waals surface area (Å²) in [5, 5.41) is 3.68. The van der Waals surface area contributed by atoms with E-state index in [0.717, 1.165) is 13.0 Å².